The maximum absolute atomic E-state index is 11.1. The number of aromatic nitrogens is 1. The van der Waals surface area contributed by atoms with Crippen LogP contribution in [0.15, 0.2) is 30.5 Å². The Balaban J connectivity index is 2.27. The second kappa shape index (κ2) is 5.01. The van der Waals surface area contributed by atoms with Gasteiger partial charge in [-0.15, -0.1) is 0 Å². The van der Waals surface area contributed by atoms with Gasteiger partial charge in [-0.05, 0) is 17.7 Å². The third-order valence-corrected chi connectivity index (χ3v) is 2.91. The van der Waals surface area contributed by atoms with Crippen molar-refractivity contribution in [1.82, 2.24) is 4.57 Å². The summed E-state index contributed by atoms with van der Waals surface area (Å²) in [4.78, 5) is 11.1. The van der Waals surface area contributed by atoms with E-state index in [2.05, 4.69) is 4.74 Å². The number of benzene rings is 1. The average Bonchev–Trinajstić information content (AvgIpc) is 2.78. The largest absolute Gasteiger partial charge is 0.469 e. The number of nitrogens with two attached hydrogens (primary N) is 1. The first-order valence-corrected chi connectivity index (χ1v) is 5.60. The Morgan fingerprint density at radius 3 is 2.94 bits per heavy atom. The number of esters is 1. The molecule has 0 bridgehead atoms. The minimum Gasteiger partial charge on any atom is -0.469 e. The summed E-state index contributed by atoms with van der Waals surface area (Å²) in [5.41, 5.74) is 7.92. The van der Waals surface area contributed by atoms with E-state index in [0.717, 1.165) is 16.5 Å². The lowest BCUT2D eigenvalue weighted by atomic mass is 10.1. The number of hydrogen-bond acceptors (Lipinski definition) is 3. The molecule has 0 aliphatic carbocycles. The predicted octanol–water partition coefficient (Wildman–Crippen LogP) is 1.66. The zero-order chi connectivity index (χ0) is 12.3. The van der Waals surface area contributed by atoms with Gasteiger partial charge in [0.1, 0.15) is 0 Å². The maximum Gasteiger partial charge on any atom is 0.307 e. The number of fused-ring (bicyclic) bond motifs is 1. The first-order valence-electron chi connectivity index (χ1n) is 5.60. The Hall–Kier alpha value is -1.81. The van der Waals surface area contributed by atoms with E-state index in [9.17, 15) is 4.79 Å². The van der Waals surface area contributed by atoms with Crippen LogP contribution >= 0.6 is 0 Å². The molecular formula is C13H16N2O2. The number of carbonyl (C=O) groups excluding carboxylic acids is 1. The molecule has 17 heavy (non-hydrogen) atoms. The molecule has 1 aromatic heterocycles. The van der Waals surface area contributed by atoms with Crippen LogP contribution in [-0.4, -0.2) is 17.6 Å². The highest BCUT2D eigenvalue weighted by Crippen LogP contribution is 2.20. The van der Waals surface area contributed by atoms with Gasteiger partial charge in [0.15, 0.2) is 0 Å². The highest BCUT2D eigenvalue weighted by atomic mass is 16.5. The van der Waals surface area contributed by atoms with Gasteiger partial charge in [0.25, 0.3) is 0 Å². The second-order valence-corrected chi connectivity index (χ2v) is 3.89. The molecule has 2 N–H and O–H groups in total. The first-order chi connectivity index (χ1) is 8.26. The summed E-state index contributed by atoms with van der Waals surface area (Å²) in [5, 5.41) is 1.15. The van der Waals surface area contributed by atoms with Gasteiger partial charge in [-0.3, -0.25) is 4.79 Å². The van der Waals surface area contributed by atoms with E-state index < -0.39 is 0 Å². The van der Waals surface area contributed by atoms with E-state index in [-0.39, 0.29) is 5.97 Å². The van der Waals surface area contributed by atoms with Crippen molar-refractivity contribution >= 4 is 16.9 Å². The first kappa shape index (κ1) is 11.7. The van der Waals surface area contributed by atoms with Crippen LogP contribution in [0.1, 0.15) is 12.0 Å². The van der Waals surface area contributed by atoms with Crippen LogP contribution in [0.3, 0.4) is 0 Å². The molecule has 0 aliphatic heterocycles. The average molecular weight is 232 g/mol. The highest BCUT2D eigenvalue weighted by molar-refractivity contribution is 5.83. The third-order valence-electron chi connectivity index (χ3n) is 2.91. The summed E-state index contributed by atoms with van der Waals surface area (Å²) < 4.78 is 6.68. The molecule has 0 radical (unpaired) electrons. The Labute approximate surface area is 100.0 Å². The van der Waals surface area contributed by atoms with Gasteiger partial charge in [0, 0.05) is 30.2 Å². The Morgan fingerprint density at radius 1 is 1.41 bits per heavy atom. The second-order valence-electron chi connectivity index (χ2n) is 3.89. The molecule has 0 fully saturated rings. The Kier molecular flexibility index (Phi) is 3.44. The predicted molar refractivity (Wildman–Crippen MR) is 66.5 cm³/mol. The Morgan fingerprint density at radius 2 is 2.24 bits per heavy atom. The molecule has 90 valence electrons. The molecule has 0 saturated carbocycles. The van der Waals surface area contributed by atoms with Crippen molar-refractivity contribution in [2.24, 2.45) is 5.73 Å². The lowest BCUT2D eigenvalue weighted by Gasteiger charge is -2.05. The summed E-state index contributed by atoms with van der Waals surface area (Å²) in [6, 6.07) is 8.08. The van der Waals surface area contributed by atoms with Crippen LogP contribution in [0, 0.1) is 0 Å². The quantitative estimate of drug-likeness (QED) is 0.816. The monoisotopic (exact) mass is 232 g/mol. The molecule has 0 atom stereocenters. The molecular weight excluding hydrogens is 216 g/mol. The molecule has 0 saturated heterocycles. The van der Waals surface area contributed by atoms with E-state index in [0.29, 0.717) is 19.5 Å². The summed E-state index contributed by atoms with van der Waals surface area (Å²) in [6.45, 7) is 1.16. The molecule has 4 nitrogen and oxygen atoms in total. The number of aryl methyl sites for hydroxylation is 1. The standard InChI is InChI=1S/C13H16N2O2/c1-17-13(16)6-8-15-7-5-11-10(9-14)3-2-4-12(11)15/h2-5,7H,6,8-9,14H2,1H3. The third kappa shape index (κ3) is 2.31. The van der Waals surface area contributed by atoms with Crippen molar-refractivity contribution in [2.75, 3.05) is 7.11 Å². The number of carbonyl (C=O) groups is 1. The van der Waals surface area contributed by atoms with Crippen LogP contribution in [0.25, 0.3) is 10.9 Å². The van der Waals surface area contributed by atoms with E-state index in [1.807, 2.05) is 35.0 Å². The minimum atomic E-state index is -0.193. The van der Waals surface area contributed by atoms with Gasteiger partial charge in [0.05, 0.1) is 13.5 Å². The summed E-state index contributed by atoms with van der Waals surface area (Å²) in [5.74, 6) is -0.193. The molecule has 1 heterocycles. The van der Waals surface area contributed by atoms with Crippen LogP contribution in [-0.2, 0) is 22.6 Å². The molecule has 0 spiro atoms. The van der Waals surface area contributed by atoms with Crippen molar-refractivity contribution in [3.05, 3.63) is 36.0 Å². The lowest BCUT2D eigenvalue weighted by molar-refractivity contribution is -0.140. The number of nitrogens with zero attached hydrogens (tertiary/aromatic N) is 1. The van der Waals surface area contributed by atoms with Gasteiger partial charge < -0.3 is 15.0 Å². The van der Waals surface area contributed by atoms with E-state index in [1.54, 1.807) is 0 Å². The number of rotatable bonds is 4. The maximum atomic E-state index is 11.1. The van der Waals surface area contributed by atoms with E-state index in [1.165, 1.54) is 7.11 Å². The summed E-state index contributed by atoms with van der Waals surface area (Å²) >= 11 is 0. The van der Waals surface area contributed by atoms with Gasteiger partial charge >= 0.3 is 5.97 Å². The smallest absolute Gasteiger partial charge is 0.307 e. The summed E-state index contributed by atoms with van der Waals surface area (Å²) in [6.07, 6.45) is 2.36. The topological polar surface area (TPSA) is 57.2 Å². The van der Waals surface area contributed by atoms with E-state index >= 15 is 0 Å². The zero-order valence-corrected chi connectivity index (χ0v) is 9.85. The SMILES string of the molecule is COC(=O)CCn1ccc2c(CN)cccc21. The molecule has 1 aromatic carbocycles. The van der Waals surface area contributed by atoms with Gasteiger partial charge in [-0.25, -0.2) is 0 Å². The number of hydrogen-bond donors (Lipinski definition) is 1. The summed E-state index contributed by atoms with van der Waals surface area (Å²) in [7, 11) is 1.41. The van der Waals surface area contributed by atoms with Gasteiger partial charge in [-0.1, -0.05) is 12.1 Å². The zero-order valence-electron chi connectivity index (χ0n) is 9.85. The fourth-order valence-corrected chi connectivity index (χ4v) is 1.97. The van der Waals surface area contributed by atoms with Gasteiger partial charge in [0.2, 0.25) is 0 Å². The van der Waals surface area contributed by atoms with Crippen molar-refractivity contribution in [2.45, 2.75) is 19.5 Å². The number of ether oxygens (including phenoxy) is 1. The highest BCUT2D eigenvalue weighted by Gasteiger charge is 2.06. The van der Waals surface area contributed by atoms with E-state index in [4.69, 9.17) is 5.73 Å². The fraction of sp³-hybridized carbons (Fsp3) is 0.308. The van der Waals surface area contributed by atoms with Crippen LogP contribution in [0.2, 0.25) is 0 Å². The van der Waals surface area contributed by atoms with Crippen molar-refractivity contribution in [3.8, 4) is 0 Å². The van der Waals surface area contributed by atoms with Crippen molar-refractivity contribution in [1.29, 1.82) is 0 Å². The minimum absolute atomic E-state index is 0.193. The molecule has 0 amide bonds. The Bertz CT molecular complexity index is 531. The fourth-order valence-electron chi connectivity index (χ4n) is 1.97. The van der Waals surface area contributed by atoms with Crippen LogP contribution < -0.4 is 5.73 Å². The molecule has 0 aliphatic rings. The molecule has 2 aromatic rings. The van der Waals surface area contributed by atoms with Crippen molar-refractivity contribution in [3.63, 3.8) is 0 Å². The normalized spacial score (nSPS) is 10.7. The lowest BCUT2D eigenvalue weighted by Crippen LogP contribution is -2.06. The molecule has 4 heteroatoms. The number of methoxy groups -OCH3 is 1. The molecule has 0 unspecified atom stereocenters. The van der Waals surface area contributed by atoms with Crippen molar-refractivity contribution < 1.29 is 9.53 Å². The molecule has 2 rings (SSSR count). The van der Waals surface area contributed by atoms with Crippen LogP contribution in [0.4, 0.5) is 0 Å². The van der Waals surface area contributed by atoms with Gasteiger partial charge in [-0.2, -0.15) is 0 Å². The van der Waals surface area contributed by atoms with Crippen LogP contribution in [0.5, 0.6) is 0 Å².